The van der Waals surface area contributed by atoms with Crippen LogP contribution in [-0.2, 0) is 10.4 Å². The molecule has 3 aromatic carbocycles. The molecule has 0 atom stereocenters. The van der Waals surface area contributed by atoms with Crippen LogP contribution in [0.1, 0.15) is 16.7 Å². The molecule has 5 heteroatoms. The van der Waals surface area contributed by atoms with Gasteiger partial charge in [0.2, 0.25) is 0 Å². The summed E-state index contributed by atoms with van der Waals surface area (Å²) in [5.74, 6) is 0. The smallest absolute Gasteiger partial charge is 0.264 e. The number of hydrogen-bond acceptors (Lipinski definition) is 2. The van der Waals surface area contributed by atoms with E-state index in [2.05, 4.69) is 91.0 Å². The van der Waals surface area contributed by atoms with E-state index in [1.54, 1.807) is 0 Å². The largest absolute Gasteiger partial charge is 0.394 e. The van der Waals surface area contributed by atoms with Gasteiger partial charge in [-0.25, -0.2) is 0 Å². The van der Waals surface area contributed by atoms with Crippen LogP contribution in [0.15, 0.2) is 91.0 Å². The van der Waals surface area contributed by atoms with Gasteiger partial charge in [-0.1, -0.05) is 91.0 Å². The van der Waals surface area contributed by atoms with Gasteiger partial charge in [0.05, 0.1) is 0 Å². The minimum atomic E-state index is -4.67. The van der Waals surface area contributed by atoms with Crippen LogP contribution >= 0.6 is 0 Å². The lowest BCUT2D eigenvalue weighted by Crippen LogP contribution is -1.89. The molecular weight excluding hydrogens is 336 g/mol. The number of hydrogen-bond donors (Lipinski definition) is 2. The van der Waals surface area contributed by atoms with Gasteiger partial charge in [0.1, 0.15) is 0 Å². The Balaban J connectivity index is 0.000000399. The molecule has 0 radical (unpaired) electrons. The predicted molar refractivity (Wildman–Crippen MR) is 100 cm³/mol. The zero-order valence-corrected chi connectivity index (χ0v) is 14.2. The zero-order chi connectivity index (χ0) is 18.1. The van der Waals surface area contributed by atoms with Crippen molar-refractivity contribution in [2.75, 3.05) is 0 Å². The monoisotopic (exact) mass is 354 g/mol. The van der Waals surface area contributed by atoms with Gasteiger partial charge in [0.15, 0.2) is 0 Å². The zero-order valence-electron chi connectivity index (χ0n) is 13.4. The first-order valence-electron chi connectivity index (χ1n) is 7.51. The van der Waals surface area contributed by atoms with Crippen molar-refractivity contribution in [1.82, 2.24) is 0 Å². The second-order valence-corrected chi connectivity index (χ2v) is 6.04. The van der Waals surface area contributed by atoms with E-state index in [0.29, 0.717) is 0 Å². The van der Waals surface area contributed by atoms with E-state index in [0.717, 1.165) is 0 Å². The number of benzene rings is 3. The summed E-state index contributed by atoms with van der Waals surface area (Å²) in [6.45, 7) is 0. The van der Waals surface area contributed by atoms with E-state index >= 15 is 0 Å². The van der Waals surface area contributed by atoms with Crippen molar-refractivity contribution < 1.29 is 17.5 Å². The van der Waals surface area contributed by atoms with Crippen LogP contribution in [0.3, 0.4) is 0 Å². The molecule has 2 N–H and O–H groups in total. The van der Waals surface area contributed by atoms with Crippen LogP contribution in [0.2, 0.25) is 0 Å². The second kappa shape index (κ2) is 8.94. The maximum Gasteiger partial charge on any atom is 0.394 e. The third-order valence-electron chi connectivity index (χ3n) is 3.28. The van der Waals surface area contributed by atoms with Crippen molar-refractivity contribution in [1.29, 1.82) is 0 Å². The fourth-order valence-electron chi connectivity index (χ4n) is 2.28. The van der Waals surface area contributed by atoms with Gasteiger partial charge in [-0.3, -0.25) is 9.11 Å². The van der Waals surface area contributed by atoms with Gasteiger partial charge in [0, 0.05) is 0 Å². The number of rotatable bonds is 3. The summed E-state index contributed by atoms with van der Waals surface area (Å²) in [4.78, 5) is 0. The van der Waals surface area contributed by atoms with Gasteiger partial charge < -0.3 is 0 Å². The molecule has 3 rings (SSSR count). The van der Waals surface area contributed by atoms with Crippen molar-refractivity contribution in [2.45, 2.75) is 0 Å². The van der Waals surface area contributed by atoms with Gasteiger partial charge in [-0.2, -0.15) is 8.42 Å². The van der Waals surface area contributed by atoms with E-state index in [1.165, 1.54) is 22.3 Å². The van der Waals surface area contributed by atoms with E-state index < -0.39 is 10.4 Å². The summed E-state index contributed by atoms with van der Waals surface area (Å²) in [5, 5.41) is 0. The Morgan fingerprint density at radius 1 is 0.640 bits per heavy atom. The molecule has 25 heavy (non-hydrogen) atoms. The molecule has 4 nitrogen and oxygen atoms in total. The van der Waals surface area contributed by atoms with Crippen LogP contribution < -0.4 is 0 Å². The average molecular weight is 354 g/mol. The van der Waals surface area contributed by atoms with Crippen molar-refractivity contribution in [3.63, 3.8) is 0 Å². The molecule has 0 aliphatic carbocycles. The van der Waals surface area contributed by atoms with Gasteiger partial charge in [0.25, 0.3) is 0 Å². The first-order valence-corrected chi connectivity index (χ1v) is 8.90. The minimum absolute atomic E-state index is 1.22. The van der Waals surface area contributed by atoms with Crippen molar-refractivity contribution in [3.05, 3.63) is 108 Å². The van der Waals surface area contributed by atoms with Crippen LogP contribution in [-0.4, -0.2) is 17.5 Å². The molecule has 3 aromatic rings. The molecule has 0 unspecified atom stereocenters. The summed E-state index contributed by atoms with van der Waals surface area (Å²) in [6.07, 6.45) is 2.24. The Kier molecular flexibility index (Phi) is 6.65. The maximum absolute atomic E-state index is 8.74. The Labute approximate surface area is 147 Å². The van der Waals surface area contributed by atoms with E-state index in [9.17, 15) is 0 Å². The average Bonchev–Trinajstić information content (AvgIpc) is 2.61. The fraction of sp³-hybridized carbons (Fsp3) is 0. The normalized spacial score (nSPS) is 10.3. The Hall–Kier alpha value is -2.73. The van der Waals surface area contributed by atoms with Crippen molar-refractivity contribution in [2.24, 2.45) is 0 Å². The lowest BCUT2D eigenvalue weighted by atomic mass is 9.96. The molecule has 0 aliphatic rings. The molecule has 0 saturated heterocycles. The standard InChI is InChI=1S/C20H16.H2O4S/c1-4-10-17(11-5-1)16-20(18-12-6-2-7-13-18)19-14-8-3-9-15-19;1-5(2,3)4/h1-16H;(H2,1,2,3,4). The highest BCUT2D eigenvalue weighted by molar-refractivity contribution is 7.79. The lowest BCUT2D eigenvalue weighted by Gasteiger charge is -2.08. The third kappa shape index (κ3) is 7.14. The van der Waals surface area contributed by atoms with Crippen molar-refractivity contribution in [3.8, 4) is 0 Å². The molecule has 0 heterocycles. The predicted octanol–water partition coefficient (Wildman–Crippen LogP) is 4.62. The molecule has 0 amide bonds. The Morgan fingerprint density at radius 2 is 0.960 bits per heavy atom. The van der Waals surface area contributed by atoms with Crippen LogP contribution in [0.5, 0.6) is 0 Å². The quantitative estimate of drug-likeness (QED) is 0.531. The van der Waals surface area contributed by atoms with Crippen LogP contribution in [0.4, 0.5) is 0 Å². The summed E-state index contributed by atoms with van der Waals surface area (Å²) in [7, 11) is -4.67. The molecular formula is C20H18O4S. The summed E-state index contributed by atoms with van der Waals surface area (Å²) in [6, 6.07) is 31.5. The highest BCUT2D eigenvalue weighted by Gasteiger charge is 2.04. The second-order valence-electron chi connectivity index (χ2n) is 5.15. The first-order chi connectivity index (χ1) is 11.9. The highest BCUT2D eigenvalue weighted by atomic mass is 32.3. The minimum Gasteiger partial charge on any atom is -0.264 e. The fourth-order valence-corrected chi connectivity index (χ4v) is 2.28. The van der Waals surface area contributed by atoms with Crippen LogP contribution in [0.25, 0.3) is 11.6 Å². The summed E-state index contributed by atoms with van der Waals surface area (Å²) >= 11 is 0. The third-order valence-corrected chi connectivity index (χ3v) is 3.28. The molecule has 0 fully saturated rings. The summed E-state index contributed by atoms with van der Waals surface area (Å²) < 4.78 is 31.6. The van der Waals surface area contributed by atoms with Gasteiger partial charge in [-0.15, -0.1) is 0 Å². The molecule has 128 valence electrons. The molecule has 0 bridgehead atoms. The van der Waals surface area contributed by atoms with E-state index in [1.807, 2.05) is 6.07 Å². The first kappa shape index (κ1) is 18.6. The highest BCUT2D eigenvalue weighted by Crippen LogP contribution is 2.25. The van der Waals surface area contributed by atoms with Crippen LogP contribution in [0, 0.1) is 0 Å². The molecule has 0 spiro atoms. The molecule has 0 aliphatic heterocycles. The SMILES string of the molecule is C(=C(c1ccccc1)c1ccccc1)c1ccccc1.O=S(=O)(O)O. The molecule has 0 aromatic heterocycles. The summed E-state index contributed by atoms with van der Waals surface area (Å²) in [5.41, 5.74) is 4.94. The van der Waals surface area contributed by atoms with Gasteiger partial charge in [-0.05, 0) is 28.3 Å². The van der Waals surface area contributed by atoms with E-state index in [-0.39, 0.29) is 0 Å². The Bertz CT molecular complexity index is 854. The van der Waals surface area contributed by atoms with Gasteiger partial charge >= 0.3 is 10.4 Å². The topological polar surface area (TPSA) is 74.6 Å². The van der Waals surface area contributed by atoms with Crippen molar-refractivity contribution >= 4 is 22.0 Å². The molecule has 0 saturated carbocycles. The Morgan fingerprint density at radius 3 is 1.32 bits per heavy atom. The lowest BCUT2D eigenvalue weighted by molar-refractivity contribution is 0.381. The van der Waals surface area contributed by atoms with E-state index in [4.69, 9.17) is 17.5 Å². The maximum atomic E-state index is 8.74.